The van der Waals surface area contributed by atoms with Crippen LogP contribution in [0.1, 0.15) is 25.7 Å². The Kier molecular flexibility index (Phi) is 5.69. The van der Waals surface area contributed by atoms with E-state index in [0.717, 1.165) is 10.2 Å². The van der Waals surface area contributed by atoms with Crippen LogP contribution >= 0.6 is 15.9 Å². The molecule has 1 rings (SSSR count). The zero-order valence-electron chi connectivity index (χ0n) is 9.28. The van der Waals surface area contributed by atoms with Gasteiger partial charge in [0.05, 0.1) is 0 Å². The first-order chi connectivity index (χ1) is 8.08. The van der Waals surface area contributed by atoms with Gasteiger partial charge in [-0.15, -0.1) is 0 Å². The highest BCUT2D eigenvalue weighted by Crippen LogP contribution is 2.16. The van der Waals surface area contributed by atoms with Crippen LogP contribution in [-0.4, -0.2) is 17.0 Å². The fraction of sp³-hybridized carbons (Fsp3) is 0.333. The number of carboxylic acid groups (broad SMARTS) is 1. The van der Waals surface area contributed by atoms with Crippen molar-refractivity contribution in [1.29, 1.82) is 0 Å². The zero-order chi connectivity index (χ0) is 12.7. The molecule has 0 aromatic heterocycles. The third kappa shape index (κ3) is 6.06. The third-order valence-electron chi connectivity index (χ3n) is 2.15. The summed E-state index contributed by atoms with van der Waals surface area (Å²) in [6, 6.07) is 7.34. The Morgan fingerprint density at radius 1 is 1.24 bits per heavy atom. The summed E-state index contributed by atoms with van der Waals surface area (Å²) in [7, 11) is 0. The van der Waals surface area contributed by atoms with Gasteiger partial charge in [-0.2, -0.15) is 0 Å². The molecule has 17 heavy (non-hydrogen) atoms. The van der Waals surface area contributed by atoms with Gasteiger partial charge in [-0.25, -0.2) is 0 Å². The number of anilines is 1. The summed E-state index contributed by atoms with van der Waals surface area (Å²) < 4.78 is 0.904. The summed E-state index contributed by atoms with van der Waals surface area (Å²) in [4.78, 5) is 21.8. The lowest BCUT2D eigenvalue weighted by atomic mass is 10.2. The monoisotopic (exact) mass is 299 g/mol. The Morgan fingerprint density at radius 2 is 1.94 bits per heavy atom. The van der Waals surface area contributed by atoms with E-state index in [4.69, 9.17) is 5.11 Å². The van der Waals surface area contributed by atoms with Crippen LogP contribution in [0.15, 0.2) is 28.7 Å². The van der Waals surface area contributed by atoms with Crippen molar-refractivity contribution in [2.24, 2.45) is 0 Å². The standard InChI is InChI=1S/C12H14BrNO3/c13-9-4-3-5-10(8-9)14-11(15)6-1-2-7-12(16)17/h3-5,8H,1-2,6-7H2,(H,14,15)(H,16,17). The predicted molar refractivity (Wildman–Crippen MR) is 68.9 cm³/mol. The molecule has 0 aliphatic heterocycles. The fourth-order valence-electron chi connectivity index (χ4n) is 1.35. The number of unbranched alkanes of at least 4 members (excludes halogenated alkanes) is 1. The van der Waals surface area contributed by atoms with Crippen molar-refractivity contribution in [2.45, 2.75) is 25.7 Å². The van der Waals surface area contributed by atoms with E-state index in [0.29, 0.717) is 19.3 Å². The number of amides is 1. The van der Waals surface area contributed by atoms with E-state index < -0.39 is 5.97 Å². The molecule has 1 amide bonds. The number of carbonyl (C=O) groups is 2. The minimum atomic E-state index is -0.822. The first-order valence-electron chi connectivity index (χ1n) is 5.35. The lowest BCUT2D eigenvalue weighted by Gasteiger charge is -2.05. The Morgan fingerprint density at radius 3 is 2.59 bits per heavy atom. The number of carboxylic acids is 1. The molecule has 0 fully saturated rings. The second-order valence-electron chi connectivity index (χ2n) is 3.66. The SMILES string of the molecule is O=C(O)CCCCC(=O)Nc1cccc(Br)c1. The number of rotatable bonds is 6. The van der Waals surface area contributed by atoms with Gasteiger partial charge in [0.15, 0.2) is 0 Å². The van der Waals surface area contributed by atoms with Gasteiger partial charge in [-0.3, -0.25) is 9.59 Å². The topological polar surface area (TPSA) is 66.4 Å². The smallest absolute Gasteiger partial charge is 0.303 e. The molecule has 2 N–H and O–H groups in total. The molecule has 4 nitrogen and oxygen atoms in total. The van der Waals surface area contributed by atoms with Crippen LogP contribution in [0.5, 0.6) is 0 Å². The summed E-state index contributed by atoms with van der Waals surface area (Å²) in [6.45, 7) is 0. The molecule has 5 heteroatoms. The normalized spacial score (nSPS) is 9.94. The molecule has 0 aliphatic carbocycles. The summed E-state index contributed by atoms with van der Waals surface area (Å²) >= 11 is 3.32. The third-order valence-corrected chi connectivity index (χ3v) is 2.65. The van der Waals surface area contributed by atoms with Crippen LogP contribution in [0.4, 0.5) is 5.69 Å². The summed E-state index contributed by atoms with van der Waals surface area (Å²) in [5.74, 6) is -0.911. The Bertz CT molecular complexity index is 406. The number of benzene rings is 1. The van der Waals surface area contributed by atoms with Crippen LogP contribution in [0, 0.1) is 0 Å². The van der Waals surface area contributed by atoms with Crippen LogP contribution in [0.2, 0.25) is 0 Å². The second kappa shape index (κ2) is 7.06. The van der Waals surface area contributed by atoms with Gasteiger partial charge in [0, 0.05) is 23.0 Å². The Hall–Kier alpha value is -1.36. The maximum Gasteiger partial charge on any atom is 0.303 e. The number of halogens is 1. The summed E-state index contributed by atoms with van der Waals surface area (Å²) in [6.07, 6.45) is 1.58. The van der Waals surface area contributed by atoms with E-state index >= 15 is 0 Å². The van der Waals surface area contributed by atoms with Crippen molar-refractivity contribution in [3.05, 3.63) is 28.7 Å². The van der Waals surface area contributed by atoms with Crippen LogP contribution < -0.4 is 5.32 Å². The van der Waals surface area contributed by atoms with Crippen molar-refractivity contribution in [2.75, 3.05) is 5.32 Å². The molecule has 0 unspecified atom stereocenters. The van der Waals surface area contributed by atoms with E-state index in [2.05, 4.69) is 21.2 Å². The molecule has 0 bridgehead atoms. The zero-order valence-corrected chi connectivity index (χ0v) is 10.9. The van der Waals surface area contributed by atoms with Gasteiger partial charge in [-0.05, 0) is 31.0 Å². The summed E-state index contributed by atoms with van der Waals surface area (Å²) in [5, 5.41) is 11.2. The lowest BCUT2D eigenvalue weighted by molar-refractivity contribution is -0.137. The van der Waals surface area contributed by atoms with Crippen molar-refractivity contribution in [1.82, 2.24) is 0 Å². The first kappa shape index (κ1) is 13.7. The first-order valence-corrected chi connectivity index (χ1v) is 6.14. The molecule has 0 saturated carbocycles. The molecule has 92 valence electrons. The molecule has 1 aromatic carbocycles. The maximum atomic E-state index is 11.5. The predicted octanol–water partition coefficient (Wildman–Crippen LogP) is 3.03. The van der Waals surface area contributed by atoms with E-state index in [1.807, 2.05) is 18.2 Å². The van der Waals surface area contributed by atoms with Gasteiger partial charge >= 0.3 is 5.97 Å². The average Bonchev–Trinajstić information content (AvgIpc) is 2.24. The van der Waals surface area contributed by atoms with Crippen molar-refractivity contribution in [3.63, 3.8) is 0 Å². The highest BCUT2D eigenvalue weighted by atomic mass is 79.9. The highest BCUT2D eigenvalue weighted by molar-refractivity contribution is 9.10. The Balaban J connectivity index is 2.27. The van der Waals surface area contributed by atoms with Crippen LogP contribution in [0.3, 0.4) is 0 Å². The molecule has 0 heterocycles. The molecule has 0 aliphatic rings. The van der Waals surface area contributed by atoms with Gasteiger partial charge in [0.2, 0.25) is 5.91 Å². The largest absolute Gasteiger partial charge is 0.481 e. The Labute approximate surface area is 108 Å². The van der Waals surface area contributed by atoms with E-state index in [1.54, 1.807) is 6.07 Å². The summed E-state index contributed by atoms with van der Waals surface area (Å²) in [5.41, 5.74) is 0.739. The van der Waals surface area contributed by atoms with Gasteiger partial charge in [0.1, 0.15) is 0 Å². The van der Waals surface area contributed by atoms with Gasteiger partial charge in [0.25, 0.3) is 0 Å². The van der Waals surface area contributed by atoms with Crippen molar-refractivity contribution in [3.8, 4) is 0 Å². The van der Waals surface area contributed by atoms with E-state index in [1.165, 1.54) is 0 Å². The molecule has 1 aromatic rings. The number of aliphatic carboxylic acids is 1. The molecular formula is C12H14BrNO3. The number of hydrogen-bond donors (Lipinski definition) is 2. The number of carbonyl (C=O) groups excluding carboxylic acids is 1. The van der Waals surface area contributed by atoms with Crippen molar-refractivity contribution < 1.29 is 14.7 Å². The van der Waals surface area contributed by atoms with E-state index in [-0.39, 0.29) is 12.3 Å². The van der Waals surface area contributed by atoms with Gasteiger partial charge in [-0.1, -0.05) is 22.0 Å². The number of hydrogen-bond acceptors (Lipinski definition) is 2. The second-order valence-corrected chi connectivity index (χ2v) is 4.58. The minimum absolute atomic E-state index is 0.0894. The highest BCUT2D eigenvalue weighted by Gasteiger charge is 2.03. The lowest BCUT2D eigenvalue weighted by Crippen LogP contribution is -2.11. The van der Waals surface area contributed by atoms with Gasteiger partial charge < -0.3 is 10.4 Å². The van der Waals surface area contributed by atoms with Crippen LogP contribution in [0.25, 0.3) is 0 Å². The molecule has 0 atom stereocenters. The number of nitrogens with one attached hydrogen (secondary N) is 1. The molecule has 0 spiro atoms. The maximum absolute atomic E-state index is 11.5. The van der Waals surface area contributed by atoms with Crippen molar-refractivity contribution >= 4 is 33.5 Å². The fourth-order valence-corrected chi connectivity index (χ4v) is 1.75. The molecule has 0 radical (unpaired) electrons. The molecular weight excluding hydrogens is 286 g/mol. The quantitative estimate of drug-likeness (QED) is 0.794. The minimum Gasteiger partial charge on any atom is -0.481 e. The van der Waals surface area contributed by atoms with Crippen LogP contribution in [-0.2, 0) is 9.59 Å². The average molecular weight is 300 g/mol. The van der Waals surface area contributed by atoms with E-state index in [9.17, 15) is 9.59 Å². The molecule has 0 saturated heterocycles.